The van der Waals surface area contributed by atoms with Crippen molar-refractivity contribution in [3.8, 4) is 0 Å². The topological polar surface area (TPSA) is 69.7 Å². The summed E-state index contributed by atoms with van der Waals surface area (Å²) < 4.78 is 66.3. The summed E-state index contributed by atoms with van der Waals surface area (Å²) in [5, 5.41) is 3.38. The molecule has 0 bridgehead atoms. The van der Waals surface area contributed by atoms with Gasteiger partial charge in [-0.15, -0.1) is 0 Å². The molecule has 12 heteroatoms. The molecule has 168 valence electrons. The van der Waals surface area contributed by atoms with E-state index in [1.807, 2.05) is 0 Å². The highest BCUT2D eigenvalue weighted by molar-refractivity contribution is 7.89. The van der Waals surface area contributed by atoms with Crippen LogP contribution in [0.15, 0.2) is 47.4 Å². The van der Waals surface area contributed by atoms with Crippen LogP contribution in [0.2, 0.25) is 10.0 Å². The van der Waals surface area contributed by atoms with Gasteiger partial charge in [0.15, 0.2) is 0 Å². The van der Waals surface area contributed by atoms with E-state index in [0.717, 1.165) is 22.5 Å². The van der Waals surface area contributed by atoms with Gasteiger partial charge in [0.2, 0.25) is 15.9 Å². The molecule has 0 spiro atoms. The smallest absolute Gasteiger partial charge is 0.325 e. The molecule has 2 aromatic rings. The van der Waals surface area contributed by atoms with E-state index in [9.17, 15) is 26.4 Å². The van der Waals surface area contributed by atoms with Gasteiger partial charge in [-0.25, -0.2) is 8.42 Å². The second kappa shape index (κ2) is 9.33. The number of nitrogens with zero attached hydrogens (tertiary/aromatic N) is 2. The Labute approximate surface area is 187 Å². The maximum atomic E-state index is 13.2. The van der Waals surface area contributed by atoms with Crippen molar-refractivity contribution in [3.05, 3.63) is 58.1 Å². The summed E-state index contributed by atoms with van der Waals surface area (Å²) in [6.07, 6.45) is -4.78. The fourth-order valence-corrected chi connectivity index (χ4v) is 5.38. The third-order valence-corrected chi connectivity index (χ3v) is 7.05. The average molecular weight is 496 g/mol. The van der Waals surface area contributed by atoms with Crippen molar-refractivity contribution >= 4 is 44.8 Å². The monoisotopic (exact) mass is 495 g/mol. The van der Waals surface area contributed by atoms with Gasteiger partial charge in [-0.3, -0.25) is 9.69 Å². The molecule has 6 nitrogen and oxygen atoms in total. The van der Waals surface area contributed by atoms with Crippen LogP contribution in [0.5, 0.6) is 0 Å². The molecule has 1 saturated heterocycles. The number of anilines is 1. The Hall–Kier alpha value is -1.85. The lowest BCUT2D eigenvalue weighted by molar-refractivity contribution is -0.140. The number of carbonyl (C=O) groups is 1. The number of hydrogen-bond acceptors (Lipinski definition) is 4. The number of piperazine rings is 1. The van der Waals surface area contributed by atoms with E-state index in [4.69, 9.17) is 23.2 Å². The number of sulfonamides is 1. The summed E-state index contributed by atoms with van der Waals surface area (Å²) in [5.41, 5.74) is -0.774. The lowest BCUT2D eigenvalue weighted by Crippen LogP contribution is -2.50. The number of benzene rings is 2. The molecular weight excluding hydrogens is 478 g/mol. The standard InChI is InChI=1S/C19H18Cl2F3N3O3S/c20-13-9-14(21)11-15(10-13)25-18(28)12-26-5-7-27(8-6-26)31(29,30)17-4-2-1-3-16(17)19(22,23)24/h1-4,9-11H,5-8,12H2,(H,25,28). The zero-order valence-electron chi connectivity index (χ0n) is 16.0. The van der Waals surface area contributed by atoms with Crippen LogP contribution >= 0.6 is 23.2 Å². The first-order chi connectivity index (χ1) is 14.5. The van der Waals surface area contributed by atoms with E-state index >= 15 is 0 Å². The van der Waals surface area contributed by atoms with E-state index in [2.05, 4.69) is 5.32 Å². The van der Waals surface area contributed by atoms with Gasteiger partial charge >= 0.3 is 6.18 Å². The van der Waals surface area contributed by atoms with E-state index < -0.39 is 26.7 Å². The summed E-state index contributed by atoms with van der Waals surface area (Å²) in [5.74, 6) is -0.350. The highest BCUT2D eigenvalue weighted by Crippen LogP contribution is 2.35. The SMILES string of the molecule is O=C(CN1CCN(S(=O)(=O)c2ccccc2C(F)(F)F)CC1)Nc1cc(Cl)cc(Cl)c1. The largest absolute Gasteiger partial charge is 0.417 e. The summed E-state index contributed by atoms with van der Waals surface area (Å²) in [6, 6.07) is 8.69. The zero-order chi connectivity index (χ0) is 22.8. The van der Waals surface area contributed by atoms with E-state index in [1.54, 1.807) is 4.90 Å². The van der Waals surface area contributed by atoms with Crippen LogP contribution in [0.3, 0.4) is 0 Å². The fourth-order valence-electron chi connectivity index (χ4n) is 3.22. The van der Waals surface area contributed by atoms with E-state index in [-0.39, 0.29) is 38.6 Å². The summed E-state index contributed by atoms with van der Waals surface area (Å²) in [7, 11) is -4.33. The molecule has 0 aliphatic carbocycles. The van der Waals surface area contributed by atoms with Crippen molar-refractivity contribution in [2.24, 2.45) is 0 Å². The molecular formula is C19H18Cl2F3N3O3S. The molecule has 1 aliphatic rings. The molecule has 0 aromatic heterocycles. The minimum atomic E-state index is -4.78. The quantitative estimate of drug-likeness (QED) is 0.681. The fraction of sp³-hybridized carbons (Fsp3) is 0.316. The van der Waals surface area contributed by atoms with Crippen molar-refractivity contribution in [2.45, 2.75) is 11.1 Å². The predicted octanol–water partition coefficient (Wildman–Crippen LogP) is 3.96. The molecule has 0 radical (unpaired) electrons. The van der Waals surface area contributed by atoms with Crippen molar-refractivity contribution in [1.29, 1.82) is 0 Å². The first-order valence-corrected chi connectivity index (χ1v) is 11.3. The van der Waals surface area contributed by atoms with Gasteiger partial charge in [-0.2, -0.15) is 17.5 Å². The third-order valence-electron chi connectivity index (χ3n) is 4.66. The van der Waals surface area contributed by atoms with Gasteiger partial charge in [-0.1, -0.05) is 35.3 Å². The van der Waals surface area contributed by atoms with Crippen LogP contribution < -0.4 is 5.32 Å². The third kappa shape index (κ3) is 5.89. The Morgan fingerprint density at radius 1 is 1.00 bits per heavy atom. The van der Waals surface area contributed by atoms with Crippen LogP contribution in [0.1, 0.15) is 5.56 Å². The first-order valence-electron chi connectivity index (χ1n) is 9.11. The highest BCUT2D eigenvalue weighted by Gasteiger charge is 2.39. The van der Waals surface area contributed by atoms with E-state index in [0.29, 0.717) is 15.7 Å². The van der Waals surface area contributed by atoms with Gasteiger partial charge in [-0.05, 0) is 30.3 Å². The van der Waals surface area contributed by atoms with Crippen LogP contribution in [0.25, 0.3) is 0 Å². The molecule has 1 amide bonds. The summed E-state index contributed by atoms with van der Waals surface area (Å²) in [4.78, 5) is 13.2. The Morgan fingerprint density at radius 2 is 1.58 bits per heavy atom. The molecule has 0 unspecified atom stereocenters. The molecule has 31 heavy (non-hydrogen) atoms. The average Bonchev–Trinajstić information content (AvgIpc) is 2.67. The number of amides is 1. The highest BCUT2D eigenvalue weighted by atomic mass is 35.5. The van der Waals surface area contributed by atoms with Gasteiger partial charge in [0.25, 0.3) is 0 Å². The summed E-state index contributed by atoms with van der Waals surface area (Å²) in [6.45, 7) is 0.293. The number of rotatable bonds is 5. The van der Waals surface area contributed by atoms with Crippen LogP contribution in [-0.2, 0) is 21.0 Å². The number of nitrogens with one attached hydrogen (secondary N) is 1. The van der Waals surface area contributed by atoms with Gasteiger partial charge < -0.3 is 5.32 Å². The minimum absolute atomic E-state index is 0.0167. The second-order valence-electron chi connectivity index (χ2n) is 6.88. The van der Waals surface area contributed by atoms with Crippen molar-refractivity contribution < 1.29 is 26.4 Å². The Bertz CT molecular complexity index is 1050. The van der Waals surface area contributed by atoms with Crippen LogP contribution in [0.4, 0.5) is 18.9 Å². The maximum Gasteiger partial charge on any atom is 0.417 e. The summed E-state index contributed by atoms with van der Waals surface area (Å²) >= 11 is 11.8. The molecule has 1 fully saturated rings. The van der Waals surface area contributed by atoms with Crippen molar-refractivity contribution in [1.82, 2.24) is 9.21 Å². The molecule has 3 rings (SSSR count). The van der Waals surface area contributed by atoms with Gasteiger partial charge in [0.05, 0.1) is 17.0 Å². The number of hydrogen-bond donors (Lipinski definition) is 1. The van der Waals surface area contributed by atoms with Crippen molar-refractivity contribution in [3.63, 3.8) is 0 Å². The lowest BCUT2D eigenvalue weighted by atomic mass is 10.2. The predicted molar refractivity (Wildman–Crippen MR) is 112 cm³/mol. The normalized spacial score (nSPS) is 16.3. The number of alkyl halides is 3. The van der Waals surface area contributed by atoms with Crippen molar-refractivity contribution in [2.75, 3.05) is 38.0 Å². The molecule has 2 aromatic carbocycles. The molecule has 0 atom stereocenters. The Balaban J connectivity index is 1.62. The molecule has 1 heterocycles. The number of halogens is 5. The van der Waals surface area contributed by atoms with Gasteiger partial charge in [0, 0.05) is 41.9 Å². The Kier molecular flexibility index (Phi) is 7.17. The maximum absolute atomic E-state index is 13.2. The molecule has 1 N–H and O–H groups in total. The number of carbonyl (C=O) groups excluding carboxylic acids is 1. The Morgan fingerprint density at radius 3 is 2.16 bits per heavy atom. The zero-order valence-corrected chi connectivity index (χ0v) is 18.3. The molecule has 0 saturated carbocycles. The van der Waals surface area contributed by atoms with Crippen LogP contribution in [-0.4, -0.2) is 56.3 Å². The minimum Gasteiger partial charge on any atom is -0.325 e. The second-order valence-corrected chi connectivity index (χ2v) is 9.66. The first kappa shape index (κ1) is 23.8. The van der Waals surface area contributed by atoms with E-state index in [1.165, 1.54) is 24.3 Å². The lowest BCUT2D eigenvalue weighted by Gasteiger charge is -2.34. The van der Waals surface area contributed by atoms with Crippen LogP contribution in [0, 0.1) is 0 Å². The van der Waals surface area contributed by atoms with Gasteiger partial charge in [0.1, 0.15) is 0 Å². The molecule has 1 aliphatic heterocycles.